The van der Waals surface area contributed by atoms with Crippen molar-refractivity contribution >= 4 is 12.0 Å². The summed E-state index contributed by atoms with van der Waals surface area (Å²) >= 11 is 0. The van der Waals surface area contributed by atoms with Crippen LogP contribution < -0.4 is 10.9 Å². The molecule has 2 N–H and O–H groups in total. The van der Waals surface area contributed by atoms with Gasteiger partial charge in [-0.3, -0.25) is 10.2 Å². The maximum Gasteiger partial charge on any atom is 0.426 e. The zero-order chi connectivity index (χ0) is 17.6. The summed E-state index contributed by atoms with van der Waals surface area (Å²) in [5, 5.41) is 0. The van der Waals surface area contributed by atoms with Crippen LogP contribution in [0.1, 0.15) is 26.3 Å². The van der Waals surface area contributed by atoms with Crippen LogP contribution in [0.3, 0.4) is 0 Å². The molecule has 5 nitrogen and oxygen atoms in total. The van der Waals surface area contributed by atoms with E-state index < -0.39 is 11.7 Å². The Kier molecular flexibility index (Phi) is 5.58. The number of hydrazine groups is 1. The lowest BCUT2D eigenvalue weighted by atomic mass is 10.0. The molecular weight excluding hydrogens is 304 g/mol. The molecule has 0 aliphatic carbocycles. The second kappa shape index (κ2) is 7.64. The van der Waals surface area contributed by atoms with Crippen molar-refractivity contribution in [3.05, 3.63) is 60.2 Å². The smallest absolute Gasteiger partial charge is 0.426 e. The number of carbonyl (C=O) groups is 2. The predicted molar refractivity (Wildman–Crippen MR) is 93.1 cm³/mol. The number of hydrogen-bond donors (Lipinski definition) is 2. The van der Waals surface area contributed by atoms with E-state index in [1.54, 1.807) is 20.8 Å². The van der Waals surface area contributed by atoms with Gasteiger partial charge in [-0.1, -0.05) is 54.6 Å². The maximum atomic E-state index is 11.9. The number of amides is 2. The molecule has 0 spiro atoms. The van der Waals surface area contributed by atoms with Gasteiger partial charge in [0.05, 0.1) is 6.42 Å². The van der Waals surface area contributed by atoms with Gasteiger partial charge in [0.2, 0.25) is 5.91 Å². The summed E-state index contributed by atoms with van der Waals surface area (Å²) in [6.45, 7) is 5.26. The molecule has 0 atom stereocenters. The number of carbonyl (C=O) groups excluding carboxylic acids is 2. The van der Waals surface area contributed by atoms with Crippen molar-refractivity contribution in [1.82, 2.24) is 10.9 Å². The SMILES string of the molecule is CC(C)(C)OC(=O)NNC(=O)Cc1ccc(-c2ccccc2)cc1. The standard InChI is InChI=1S/C19H22N2O3/c1-19(2,3)24-18(23)21-20-17(22)13-14-9-11-16(12-10-14)15-7-5-4-6-8-15/h4-12H,13H2,1-3H3,(H,20,22)(H,21,23). The second-order valence-corrected chi connectivity index (χ2v) is 6.41. The Morgan fingerprint density at radius 3 is 2.04 bits per heavy atom. The molecule has 0 aliphatic heterocycles. The zero-order valence-electron chi connectivity index (χ0n) is 14.1. The van der Waals surface area contributed by atoms with E-state index in [4.69, 9.17) is 4.74 Å². The van der Waals surface area contributed by atoms with Crippen molar-refractivity contribution in [2.75, 3.05) is 0 Å². The van der Waals surface area contributed by atoms with Crippen LogP contribution >= 0.6 is 0 Å². The Labute approximate surface area is 142 Å². The molecule has 0 bridgehead atoms. The predicted octanol–water partition coefficient (Wildman–Crippen LogP) is 3.45. The molecule has 2 aromatic carbocycles. The minimum atomic E-state index is -0.685. The van der Waals surface area contributed by atoms with Crippen LogP contribution in [0, 0.1) is 0 Å². The lowest BCUT2D eigenvalue weighted by molar-refractivity contribution is -0.121. The largest absolute Gasteiger partial charge is 0.443 e. The summed E-state index contributed by atoms with van der Waals surface area (Å²) in [6, 6.07) is 17.8. The third kappa shape index (κ3) is 5.76. The highest BCUT2D eigenvalue weighted by atomic mass is 16.6. The van der Waals surface area contributed by atoms with Gasteiger partial charge in [0, 0.05) is 0 Å². The van der Waals surface area contributed by atoms with E-state index in [0.717, 1.165) is 16.7 Å². The van der Waals surface area contributed by atoms with E-state index in [0.29, 0.717) is 0 Å². The van der Waals surface area contributed by atoms with Gasteiger partial charge in [-0.05, 0) is 37.5 Å². The first kappa shape index (κ1) is 17.5. The molecule has 24 heavy (non-hydrogen) atoms. The first-order chi connectivity index (χ1) is 11.3. The van der Waals surface area contributed by atoms with Gasteiger partial charge < -0.3 is 4.74 Å². The van der Waals surface area contributed by atoms with Crippen molar-refractivity contribution in [2.24, 2.45) is 0 Å². The van der Waals surface area contributed by atoms with Crippen molar-refractivity contribution in [3.63, 3.8) is 0 Å². The van der Waals surface area contributed by atoms with E-state index in [1.807, 2.05) is 54.6 Å². The third-order valence-corrected chi connectivity index (χ3v) is 3.13. The van der Waals surface area contributed by atoms with Gasteiger partial charge in [-0.25, -0.2) is 10.2 Å². The summed E-state index contributed by atoms with van der Waals surface area (Å²) in [5.41, 5.74) is 7.04. The summed E-state index contributed by atoms with van der Waals surface area (Å²) in [7, 11) is 0. The second-order valence-electron chi connectivity index (χ2n) is 6.41. The Bertz CT molecular complexity index is 689. The molecular formula is C19H22N2O3. The Balaban J connectivity index is 1.85. The van der Waals surface area contributed by atoms with Gasteiger partial charge >= 0.3 is 6.09 Å². The van der Waals surface area contributed by atoms with Crippen LogP contribution in [0.25, 0.3) is 11.1 Å². The summed E-state index contributed by atoms with van der Waals surface area (Å²) in [6.07, 6.45) is -0.513. The summed E-state index contributed by atoms with van der Waals surface area (Å²) in [5.74, 6) is -0.312. The number of hydrogen-bond acceptors (Lipinski definition) is 3. The van der Waals surface area contributed by atoms with Crippen LogP contribution in [-0.2, 0) is 16.0 Å². The highest BCUT2D eigenvalue weighted by molar-refractivity contribution is 5.81. The minimum Gasteiger partial charge on any atom is -0.443 e. The number of benzene rings is 2. The van der Waals surface area contributed by atoms with E-state index in [1.165, 1.54) is 0 Å². The monoisotopic (exact) mass is 326 g/mol. The molecule has 2 aromatic rings. The van der Waals surface area contributed by atoms with E-state index in [9.17, 15) is 9.59 Å². The first-order valence-corrected chi connectivity index (χ1v) is 7.76. The topological polar surface area (TPSA) is 67.4 Å². The molecule has 0 saturated carbocycles. The zero-order valence-corrected chi connectivity index (χ0v) is 14.1. The van der Waals surface area contributed by atoms with Crippen LogP contribution in [0.4, 0.5) is 4.79 Å². The highest BCUT2D eigenvalue weighted by Crippen LogP contribution is 2.19. The van der Waals surface area contributed by atoms with Crippen LogP contribution in [0.2, 0.25) is 0 Å². The van der Waals surface area contributed by atoms with Gasteiger partial charge in [-0.15, -0.1) is 0 Å². The lowest BCUT2D eigenvalue weighted by Crippen LogP contribution is -2.44. The Morgan fingerprint density at radius 1 is 0.875 bits per heavy atom. The van der Waals surface area contributed by atoms with Crippen molar-refractivity contribution in [3.8, 4) is 11.1 Å². The quantitative estimate of drug-likeness (QED) is 0.849. The average molecular weight is 326 g/mol. The molecule has 0 heterocycles. The van der Waals surface area contributed by atoms with Gasteiger partial charge in [-0.2, -0.15) is 0 Å². The third-order valence-electron chi connectivity index (χ3n) is 3.13. The molecule has 0 aromatic heterocycles. The van der Waals surface area contributed by atoms with Gasteiger partial charge in [0.1, 0.15) is 5.60 Å². The molecule has 5 heteroatoms. The number of ether oxygens (including phenoxy) is 1. The highest BCUT2D eigenvalue weighted by Gasteiger charge is 2.16. The fourth-order valence-corrected chi connectivity index (χ4v) is 2.10. The number of nitrogens with one attached hydrogen (secondary N) is 2. The molecule has 0 fully saturated rings. The normalized spacial score (nSPS) is 10.8. The molecule has 0 unspecified atom stereocenters. The van der Waals surface area contributed by atoms with Crippen LogP contribution in [0.5, 0.6) is 0 Å². The molecule has 0 radical (unpaired) electrons. The van der Waals surface area contributed by atoms with Crippen molar-refractivity contribution in [1.29, 1.82) is 0 Å². The molecule has 2 rings (SSSR count). The van der Waals surface area contributed by atoms with E-state index in [2.05, 4.69) is 10.9 Å². The van der Waals surface area contributed by atoms with E-state index >= 15 is 0 Å². The minimum absolute atomic E-state index is 0.171. The molecule has 0 aliphatic rings. The lowest BCUT2D eigenvalue weighted by Gasteiger charge is -2.19. The average Bonchev–Trinajstić information content (AvgIpc) is 2.53. The van der Waals surface area contributed by atoms with Crippen molar-refractivity contribution < 1.29 is 14.3 Å². The molecule has 126 valence electrons. The van der Waals surface area contributed by atoms with Gasteiger partial charge in [0.15, 0.2) is 0 Å². The van der Waals surface area contributed by atoms with Crippen LogP contribution in [-0.4, -0.2) is 17.6 Å². The Hall–Kier alpha value is -2.82. The molecule has 0 saturated heterocycles. The maximum absolute atomic E-state index is 11.9. The summed E-state index contributed by atoms with van der Waals surface area (Å²) < 4.78 is 5.04. The fraction of sp³-hybridized carbons (Fsp3) is 0.263. The van der Waals surface area contributed by atoms with Gasteiger partial charge in [0.25, 0.3) is 0 Å². The fourth-order valence-electron chi connectivity index (χ4n) is 2.10. The summed E-state index contributed by atoms with van der Waals surface area (Å²) in [4.78, 5) is 23.3. The number of rotatable bonds is 3. The van der Waals surface area contributed by atoms with Crippen LogP contribution in [0.15, 0.2) is 54.6 Å². The molecule has 2 amide bonds. The first-order valence-electron chi connectivity index (χ1n) is 7.76. The van der Waals surface area contributed by atoms with Crippen molar-refractivity contribution in [2.45, 2.75) is 32.8 Å². The Morgan fingerprint density at radius 2 is 1.46 bits per heavy atom. The van der Waals surface area contributed by atoms with E-state index in [-0.39, 0.29) is 12.3 Å².